The van der Waals surface area contributed by atoms with Crippen molar-refractivity contribution in [3.63, 3.8) is 0 Å². The lowest BCUT2D eigenvalue weighted by atomic mass is 10.1. The number of rotatable bonds is 7. The third kappa shape index (κ3) is 5.42. The maximum atomic E-state index is 14.0. The minimum absolute atomic E-state index is 0.0177. The van der Waals surface area contributed by atoms with Crippen LogP contribution in [0, 0.1) is 9.39 Å². The van der Waals surface area contributed by atoms with E-state index in [2.05, 4.69) is 27.9 Å². The van der Waals surface area contributed by atoms with Crippen molar-refractivity contribution in [1.82, 2.24) is 10.2 Å². The van der Waals surface area contributed by atoms with Gasteiger partial charge in [-0.25, -0.2) is 4.39 Å². The molecule has 5 nitrogen and oxygen atoms in total. The highest BCUT2D eigenvalue weighted by molar-refractivity contribution is 14.1. The van der Waals surface area contributed by atoms with E-state index in [1.54, 1.807) is 37.3 Å². The smallest absolute Gasteiger partial charge is 0.261 e. The van der Waals surface area contributed by atoms with Gasteiger partial charge in [0.05, 0.1) is 0 Å². The zero-order valence-corrected chi connectivity index (χ0v) is 16.7. The number of nitrogens with one attached hydrogen (secondary N) is 1. The van der Waals surface area contributed by atoms with Crippen LogP contribution in [-0.2, 0) is 16.1 Å². The number of carbonyl (C=O) groups is 2. The predicted molar refractivity (Wildman–Crippen MR) is 105 cm³/mol. The molecule has 2 aromatic rings. The molecule has 138 valence electrons. The summed E-state index contributed by atoms with van der Waals surface area (Å²) in [6, 6.07) is 12.7. The summed E-state index contributed by atoms with van der Waals surface area (Å²) in [5.41, 5.74) is 0.339. The van der Waals surface area contributed by atoms with Crippen LogP contribution in [0.4, 0.5) is 4.39 Å². The van der Waals surface area contributed by atoms with E-state index in [0.29, 0.717) is 11.3 Å². The van der Waals surface area contributed by atoms with Crippen LogP contribution < -0.4 is 10.1 Å². The Bertz CT molecular complexity index is 768. The first-order valence-corrected chi connectivity index (χ1v) is 9.13. The van der Waals surface area contributed by atoms with Crippen molar-refractivity contribution in [1.29, 1.82) is 0 Å². The van der Waals surface area contributed by atoms with Crippen LogP contribution in [0.25, 0.3) is 0 Å². The van der Waals surface area contributed by atoms with E-state index in [4.69, 9.17) is 4.74 Å². The highest BCUT2D eigenvalue weighted by Gasteiger charge is 2.26. The molecule has 0 saturated carbocycles. The Labute approximate surface area is 165 Å². The Balaban J connectivity index is 2.13. The maximum absolute atomic E-state index is 14.0. The number of halogens is 2. The molecule has 0 saturated heterocycles. The SMILES string of the molecule is CNC(=O)[C@H](C)N(Cc1ccccc1F)C(=O)COc1ccc(I)cc1. The number of amides is 2. The minimum atomic E-state index is -0.757. The van der Waals surface area contributed by atoms with E-state index in [9.17, 15) is 14.0 Å². The normalized spacial score (nSPS) is 11.5. The van der Waals surface area contributed by atoms with E-state index < -0.39 is 17.8 Å². The summed E-state index contributed by atoms with van der Waals surface area (Å²) >= 11 is 2.17. The van der Waals surface area contributed by atoms with Gasteiger partial charge in [-0.2, -0.15) is 0 Å². The monoisotopic (exact) mass is 470 g/mol. The topological polar surface area (TPSA) is 58.6 Å². The highest BCUT2D eigenvalue weighted by Crippen LogP contribution is 2.16. The molecular weight excluding hydrogens is 450 g/mol. The molecule has 0 fully saturated rings. The molecule has 1 N–H and O–H groups in total. The number of hydrogen-bond donors (Lipinski definition) is 1. The number of nitrogens with zero attached hydrogens (tertiary/aromatic N) is 1. The third-order valence-electron chi connectivity index (χ3n) is 3.89. The standard InChI is InChI=1S/C19H20FIN2O3/c1-13(19(25)22-2)23(11-14-5-3-4-6-17(14)20)18(24)12-26-16-9-7-15(21)8-10-16/h3-10,13H,11-12H2,1-2H3,(H,22,25)/t13-/m0/s1. The Kier molecular flexibility index (Phi) is 7.38. The minimum Gasteiger partial charge on any atom is -0.484 e. The van der Waals surface area contributed by atoms with Crippen molar-refractivity contribution in [3.8, 4) is 5.75 Å². The van der Waals surface area contributed by atoms with E-state index >= 15 is 0 Å². The molecule has 2 aromatic carbocycles. The molecule has 0 radical (unpaired) electrons. The van der Waals surface area contributed by atoms with E-state index in [-0.39, 0.29) is 19.1 Å². The first-order chi connectivity index (χ1) is 12.4. The largest absolute Gasteiger partial charge is 0.484 e. The van der Waals surface area contributed by atoms with Gasteiger partial charge in [-0.3, -0.25) is 9.59 Å². The van der Waals surface area contributed by atoms with Crippen LogP contribution in [0.1, 0.15) is 12.5 Å². The Morgan fingerprint density at radius 2 is 1.85 bits per heavy atom. The molecule has 0 heterocycles. The molecule has 0 bridgehead atoms. The van der Waals surface area contributed by atoms with Crippen molar-refractivity contribution < 1.29 is 18.7 Å². The molecule has 0 spiro atoms. The molecule has 0 unspecified atom stereocenters. The van der Waals surface area contributed by atoms with Crippen LogP contribution >= 0.6 is 22.6 Å². The van der Waals surface area contributed by atoms with Gasteiger partial charge in [-0.1, -0.05) is 18.2 Å². The zero-order valence-electron chi connectivity index (χ0n) is 14.5. The fraction of sp³-hybridized carbons (Fsp3) is 0.263. The number of benzene rings is 2. The summed E-state index contributed by atoms with van der Waals surface area (Å²) in [7, 11) is 1.49. The molecule has 0 aromatic heterocycles. The summed E-state index contributed by atoms with van der Waals surface area (Å²) in [6.07, 6.45) is 0. The first-order valence-electron chi connectivity index (χ1n) is 8.05. The van der Waals surface area contributed by atoms with E-state index in [1.165, 1.54) is 18.0 Å². The lowest BCUT2D eigenvalue weighted by Crippen LogP contribution is -2.48. The Morgan fingerprint density at radius 1 is 1.19 bits per heavy atom. The molecule has 1 atom stereocenters. The van der Waals surface area contributed by atoms with Gasteiger partial charge >= 0.3 is 0 Å². The van der Waals surface area contributed by atoms with Gasteiger partial charge in [0.1, 0.15) is 17.6 Å². The second-order valence-electron chi connectivity index (χ2n) is 5.65. The molecule has 0 aliphatic carbocycles. The van der Waals surface area contributed by atoms with E-state index in [1.807, 2.05) is 12.1 Å². The zero-order chi connectivity index (χ0) is 19.1. The second kappa shape index (κ2) is 9.51. The summed E-state index contributed by atoms with van der Waals surface area (Å²) < 4.78 is 20.5. The summed E-state index contributed by atoms with van der Waals surface area (Å²) in [5, 5.41) is 2.51. The lowest BCUT2D eigenvalue weighted by molar-refractivity contribution is -0.142. The Morgan fingerprint density at radius 3 is 2.46 bits per heavy atom. The molecule has 0 aliphatic rings. The van der Waals surface area contributed by atoms with Crippen LogP contribution in [0.2, 0.25) is 0 Å². The molecule has 7 heteroatoms. The van der Waals surface area contributed by atoms with Crippen molar-refractivity contribution in [3.05, 3.63) is 63.5 Å². The fourth-order valence-corrected chi connectivity index (χ4v) is 2.72. The predicted octanol–water partition coefficient (Wildman–Crippen LogP) is 2.97. The quantitative estimate of drug-likeness (QED) is 0.634. The average molecular weight is 470 g/mol. The van der Waals surface area contributed by atoms with Gasteiger partial charge in [0, 0.05) is 22.7 Å². The van der Waals surface area contributed by atoms with Gasteiger partial charge in [0.15, 0.2) is 6.61 Å². The Hall–Kier alpha value is -2.16. The van der Waals surface area contributed by atoms with Crippen LogP contribution in [-0.4, -0.2) is 36.4 Å². The first kappa shape index (κ1) is 20.2. The fourth-order valence-electron chi connectivity index (χ4n) is 2.36. The van der Waals surface area contributed by atoms with Crippen molar-refractivity contribution in [2.24, 2.45) is 0 Å². The van der Waals surface area contributed by atoms with Gasteiger partial charge in [0.2, 0.25) is 5.91 Å². The van der Waals surface area contributed by atoms with Gasteiger partial charge < -0.3 is 15.0 Å². The molecule has 0 aliphatic heterocycles. The molecule has 26 heavy (non-hydrogen) atoms. The molecular formula is C19H20FIN2O3. The van der Waals surface area contributed by atoms with E-state index in [0.717, 1.165) is 3.57 Å². The number of likely N-dealkylation sites (N-methyl/N-ethyl adjacent to an activating group) is 1. The number of hydrogen-bond acceptors (Lipinski definition) is 3. The number of carbonyl (C=O) groups excluding carboxylic acids is 2. The second-order valence-corrected chi connectivity index (χ2v) is 6.89. The van der Waals surface area contributed by atoms with Crippen molar-refractivity contribution in [2.75, 3.05) is 13.7 Å². The van der Waals surface area contributed by atoms with Crippen molar-refractivity contribution in [2.45, 2.75) is 19.5 Å². The van der Waals surface area contributed by atoms with Crippen LogP contribution in [0.5, 0.6) is 5.75 Å². The molecule has 2 rings (SSSR count). The molecule has 2 amide bonds. The maximum Gasteiger partial charge on any atom is 0.261 e. The summed E-state index contributed by atoms with van der Waals surface area (Å²) in [4.78, 5) is 26.0. The van der Waals surface area contributed by atoms with Crippen LogP contribution in [0.15, 0.2) is 48.5 Å². The highest BCUT2D eigenvalue weighted by atomic mass is 127. The lowest BCUT2D eigenvalue weighted by Gasteiger charge is -2.28. The third-order valence-corrected chi connectivity index (χ3v) is 4.61. The van der Waals surface area contributed by atoms with Gasteiger partial charge in [-0.15, -0.1) is 0 Å². The van der Waals surface area contributed by atoms with Gasteiger partial charge in [0.25, 0.3) is 5.91 Å². The van der Waals surface area contributed by atoms with Gasteiger partial charge in [-0.05, 0) is 59.8 Å². The summed E-state index contributed by atoms with van der Waals surface area (Å²) in [5.74, 6) is -0.600. The summed E-state index contributed by atoms with van der Waals surface area (Å²) in [6.45, 7) is 1.34. The van der Waals surface area contributed by atoms with Crippen LogP contribution in [0.3, 0.4) is 0 Å². The average Bonchev–Trinajstić information content (AvgIpc) is 2.65. The number of ether oxygens (including phenoxy) is 1. The van der Waals surface area contributed by atoms with Crippen molar-refractivity contribution >= 4 is 34.4 Å².